The van der Waals surface area contributed by atoms with E-state index in [0.717, 1.165) is 11.3 Å². The molecule has 2 amide bonds. The highest BCUT2D eigenvalue weighted by atomic mass is 16.4. The van der Waals surface area contributed by atoms with Gasteiger partial charge in [0.2, 0.25) is 5.89 Å². The van der Waals surface area contributed by atoms with Gasteiger partial charge in [0.15, 0.2) is 0 Å². The van der Waals surface area contributed by atoms with Crippen molar-refractivity contribution in [3.05, 3.63) is 36.2 Å². The molecule has 2 rings (SSSR count). The Morgan fingerprint density at radius 2 is 1.96 bits per heavy atom. The fourth-order valence-corrected chi connectivity index (χ4v) is 2.19. The molecule has 0 atom stereocenters. The smallest absolute Gasteiger partial charge is 0.319 e. The van der Waals surface area contributed by atoms with Crippen LogP contribution in [-0.2, 0) is 0 Å². The number of urea groups is 1. The molecule has 0 unspecified atom stereocenters. The average molecular weight is 331 g/mol. The highest BCUT2D eigenvalue weighted by Gasteiger charge is 2.19. The Morgan fingerprint density at radius 3 is 2.50 bits per heavy atom. The van der Waals surface area contributed by atoms with Crippen LogP contribution in [0.1, 0.15) is 45.8 Å². The van der Waals surface area contributed by atoms with E-state index in [-0.39, 0.29) is 18.6 Å². The normalized spacial score (nSPS) is 11.6. The summed E-state index contributed by atoms with van der Waals surface area (Å²) < 4.78 is 5.71. The Morgan fingerprint density at radius 1 is 1.29 bits per heavy atom. The number of rotatable bonds is 6. The number of carbonyl (C=O) groups is 1. The maximum atomic E-state index is 12.0. The van der Waals surface area contributed by atoms with Gasteiger partial charge in [-0.1, -0.05) is 13.8 Å². The first-order valence-electron chi connectivity index (χ1n) is 8.07. The maximum absolute atomic E-state index is 12.0. The van der Waals surface area contributed by atoms with E-state index >= 15 is 0 Å². The molecule has 1 aromatic carbocycles. The van der Waals surface area contributed by atoms with Crippen molar-refractivity contribution in [1.82, 2.24) is 10.3 Å². The lowest BCUT2D eigenvalue weighted by Crippen LogP contribution is -2.46. The standard InChI is InChI=1S/C18H25N3O3/c1-12(2)15-11-19-16(24-15)13-5-7-14(8-6-13)20-17(23)21-18(3,4)9-10-22/h5-8,11-12,22H,9-10H2,1-4H3,(H2,20,21,23). The second kappa shape index (κ2) is 7.49. The Bertz CT molecular complexity index is 675. The van der Waals surface area contributed by atoms with Crippen molar-refractivity contribution < 1.29 is 14.3 Å². The molecular weight excluding hydrogens is 306 g/mol. The van der Waals surface area contributed by atoms with Gasteiger partial charge in [-0.25, -0.2) is 9.78 Å². The molecule has 0 saturated carbocycles. The number of amides is 2. The molecule has 6 nitrogen and oxygen atoms in total. The van der Waals surface area contributed by atoms with E-state index in [9.17, 15) is 4.79 Å². The van der Waals surface area contributed by atoms with Crippen molar-refractivity contribution >= 4 is 11.7 Å². The van der Waals surface area contributed by atoms with Gasteiger partial charge in [-0.15, -0.1) is 0 Å². The van der Waals surface area contributed by atoms with Crippen molar-refractivity contribution in [2.24, 2.45) is 0 Å². The third kappa shape index (κ3) is 4.83. The third-order valence-corrected chi connectivity index (χ3v) is 3.67. The number of hydrogen-bond donors (Lipinski definition) is 3. The molecule has 3 N–H and O–H groups in total. The largest absolute Gasteiger partial charge is 0.441 e. The Hall–Kier alpha value is -2.34. The predicted molar refractivity (Wildman–Crippen MR) is 94.0 cm³/mol. The number of carbonyl (C=O) groups excluding carboxylic acids is 1. The van der Waals surface area contributed by atoms with Crippen molar-refractivity contribution in [3.63, 3.8) is 0 Å². The van der Waals surface area contributed by atoms with Gasteiger partial charge in [-0.3, -0.25) is 0 Å². The Balaban J connectivity index is 2.00. The summed E-state index contributed by atoms with van der Waals surface area (Å²) in [6.45, 7) is 7.85. The molecule has 0 saturated heterocycles. The summed E-state index contributed by atoms with van der Waals surface area (Å²) in [5.41, 5.74) is 1.06. The zero-order chi connectivity index (χ0) is 17.7. The SMILES string of the molecule is CC(C)c1cnc(-c2ccc(NC(=O)NC(C)(C)CCO)cc2)o1. The van der Waals surface area contributed by atoms with Crippen LogP contribution in [0, 0.1) is 0 Å². The number of nitrogens with one attached hydrogen (secondary N) is 2. The minimum Gasteiger partial charge on any atom is -0.441 e. The molecule has 24 heavy (non-hydrogen) atoms. The molecule has 1 heterocycles. The molecule has 0 radical (unpaired) electrons. The van der Waals surface area contributed by atoms with Gasteiger partial charge in [-0.2, -0.15) is 0 Å². The summed E-state index contributed by atoms with van der Waals surface area (Å²) >= 11 is 0. The number of aromatic nitrogens is 1. The van der Waals surface area contributed by atoms with Gasteiger partial charge < -0.3 is 20.2 Å². The van der Waals surface area contributed by atoms with Crippen LogP contribution in [0.4, 0.5) is 10.5 Å². The van der Waals surface area contributed by atoms with E-state index in [1.807, 2.05) is 39.8 Å². The van der Waals surface area contributed by atoms with Gasteiger partial charge in [0.05, 0.1) is 6.20 Å². The van der Waals surface area contributed by atoms with E-state index in [2.05, 4.69) is 15.6 Å². The van der Waals surface area contributed by atoms with Crippen molar-refractivity contribution in [2.45, 2.75) is 45.6 Å². The number of hydrogen-bond acceptors (Lipinski definition) is 4. The van der Waals surface area contributed by atoms with Gasteiger partial charge in [0, 0.05) is 29.3 Å². The first kappa shape index (κ1) is 18.0. The summed E-state index contributed by atoms with van der Waals surface area (Å²) in [5, 5.41) is 14.6. The summed E-state index contributed by atoms with van der Waals surface area (Å²) in [4.78, 5) is 16.3. The van der Waals surface area contributed by atoms with Crippen LogP contribution in [0.25, 0.3) is 11.5 Å². The molecule has 2 aromatic rings. The van der Waals surface area contributed by atoms with Crippen molar-refractivity contribution in [1.29, 1.82) is 0 Å². The van der Waals surface area contributed by atoms with Crippen LogP contribution in [-0.4, -0.2) is 28.3 Å². The summed E-state index contributed by atoms with van der Waals surface area (Å²) in [5.74, 6) is 1.70. The molecule has 0 spiro atoms. The number of anilines is 1. The maximum Gasteiger partial charge on any atom is 0.319 e. The van der Waals surface area contributed by atoms with Crippen LogP contribution < -0.4 is 10.6 Å². The second-order valence-electron chi connectivity index (χ2n) is 6.74. The summed E-state index contributed by atoms with van der Waals surface area (Å²) in [7, 11) is 0. The first-order valence-corrected chi connectivity index (χ1v) is 8.07. The number of aliphatic hydroxyl groups is 1. The van der Waals surface area contributed by atoms with Crippen LogP contribution in [0.5, 0.6) is 0 Å². The molecule has 0 fully saturated rings. The predicted octanol–water partition coefficient (Wildman–Crippen LogP) is 3.75. The zero-order valence-electron chi connectivity index (χ0n) is 14.6. The first-order chi connectivity index (χ1) is 11.3. The van der Waals surface area contributed by atoms with E-state index in [1.165, 1.54) is 0 Å². The van der Waals surface area contributed by atoms with Crippen molar-refractivity contribution in [3.8, 4) is 11.5 Å². The molecular formula is C18H25N3O3. The number of aliphatic hydroxyl groups excluding tert-OH is 1. The van der Waals surface area contributed by atoms with Gasteiger partial charge in [-0.05, 0) is 44.5 Å². The van der Waals surface area contributed by atoms with E-state index in [4.69, 9.17) is 9.52 Å². The number of oxazole rings is 1. The fraction of sp³-hybridized carbons (Fsp3) is 0.444. The summed E-state index contributed by atoms with van der Waals surface area (Å²) in [6, 6.07) is 6.99. The molecule has 1 aromatic heterocycles. The zero-order valence-corrected chi connectivity index (χ0v) is 14.6. The monoisotopic (exact) mass is 331 g/mol. The number of nitrogens with zero attached hydrogens (tertiary/aromatic N) is 1. The highest BCUT2D eigenvalue weighted by molar-refractivity contribution is 5.89. The molecule has 0 bridgehead atoms. The lowest BCUT2D eigenvalue weighted by atomic mass is 10.0. The van der Waals surface area contributed by atoms with E-state index < -0.39 is 5.54 Å². The Labute approximate surface area is 142 Å². The van der Waals surface area contributed by atoms with Gasteiger partial charge >= 0.3 is 6.03 Å². The Kier molecular flexibility index (Phi) is 5.62. The minimum atomic E-state index is -0.468. The van der Waals surface area contributed by atoms with Crippen LogP contribution in [0.3, 0.4) is 0 Å². The lowest BCUT2D eigenvalue weighted by molar-refractivity contribution is 0.218. The fourth-order valence-electron chi connectivity index (χ4n) is 2.19. The average Bonchev–Trinajstić information content (AvgIpc) is 2.97. The van der Waals surface area contributed by atoms with Gasteiger partial charge in [0.1, 0.15) is 5.76 Å². The highest BCUT2D eigenvalue weighted by Crippen LogP contribution is 2.24. The van der Waals surface area contributed by atoms with Crippen LogP contribution >= 0.6 is 0 Å². The molecule has 130 valence electrons. The topological polar surface area (TPSA) is 87.4 Å². The lowest BCUT2D eigenvalue weighted by Gasteiger charge is -2.25. The van der Waals surface area contributed by atoms with Gasteiger partial charge in [0.25, 0.3) is 0 Å². The second-order valence-corrected chi connectivity index (χ2v) is 6.74. The number of benzene rings is 1. The molecule has 0 aliphatic heterocycles. The molecule has 6 heteroatoms. The van der Waals surface area contributed by atoms with Crippen LogP contribution in [0.2, 0.25) is 0 Å². The quantitative estimate of drug-likeness (QED) is 0.752. The third-order valence-electron chi connectivity index (χ3n) is 3.67. The minimum absolute atomic E-state index is 0.0243. The van der Waals surface area contributed by atoms with Crippen molar-refractivity contribution in [2.75, 3.05) is 11.9 Å². The molecule has 0 aliphatic rings. The summed E-state index contributed by atoms with van der Waals surface area (Å²) in [6.07, 6.45) is 2.23. The van der Waals surface area contributed by atoms with E-state index in [1.54, 1.807) is 18.3 Å². The van der Waals surface area contributed by atoms with Crippen LogP contribution in [0.15, 0.2) is 34.9 Å². The van der Waals surface area contributed by atoms with E-state index in [0.29, 0.717) is 18.0 Å². The molecule has 0 aliphatic carbocycles.